The molecule has 2 aromatic heterocycles. The third-order valence-electron chi connectivity index (χ3n) is 8.27. The first-order valence-corrected chi connectivity index (χ1v) is 13.3. The van der Waals surface area contributed by atoms with Crippen LogP contribution in [0.4, 0.5) is 11.5 Å². The molecule has 3 fully saturated rings. The van der Waals surface area contributed by atoms with E-state index < -0.39 is 0 Å². The molecule has 3 saturated heterocycles. The number of pyridine rings is 2. The largest absolute Gasteiger partial charge is 0.370 e. The molecule has 6 heterocycles. The van der Waals surface area contributed by atoms with E-state index in [1.54, 1.807) is 6.07 Å². The number of benzene rings is 1. The number of fused-ring (bicyclic) bond motifs is 3. The number of morpholine rings is 1. The highest BCUT2D eigenvalue weighted by atomic mass is 16.5. The molecule has 38 heavy (non-hydrogen) atoms. The molecule has 0 amide bonds. The van der Waals surface area contributed by atoms with Crippen molar-refractivity contribution >= 4 is 35.8 Å². The summed E-state index contributed by atoms with van der Waals surface area (Å²) in [5.41, 5.74) is 10.8. The molecule has 0 saturated carbocycles. The van der Waals surface area contributed by atoms with Gasteiger partial charge in [-0.15, -0.1) is 0 Å². The van der Waals surface area contributed by atoms with Crippen molar-refractivity contribution in [1.29, 1.82) is 5.26 Å². The average molecular weight is 507 g/mol. The van der Waals surface area contributed by atoms with E-state index in [1.807, 2.05) is 24.4 Å². The number of rotatable bonds is 4. The summed E-state index contributed by atoms with van der Waals surface area (Å²) in [5.74, 6) is 1.00. The predicted octanol–water partition coefficient (Wildman–Crippen LogP) is 0.778. The summed E-state index contributed by atoms with van der Waals surface area (Å²) < 4.78 is 12.7. The molecule has 2 atom stereocenters. The zero-order valence-electron chi connectivity index (χ0n) is 21.5. The Balaban J connectivity index is 1.04. The summed E-state index contributed by atoms with van der Waals surface area (Å²) in [6.07, 6.45) is 2.15. The van der Waals surface area contributed by atoms with Crippen LogP contribution in [0, 0.1) is 11.3 Å². The van der Waals surface area contributed by atoms with Crippen molar-refractivity contribution in [2.24, 2.45) is 5.73 Å². The number of nitrogens with two attached hydrogens (primary N) is 1. The van der Waals surface area contributed by atoms with E-state index in [0.29, 0.717) is 23.3 Å². The number of nitrogens with zero attached hydrogens (tertiary/aromatic N) is 6. The van der Waals surface area contributed by atoms with Gasteiger partial charge in [-0.1, -0.05) is 6.07 Å². The molecule has 0 aliphatic carbocycles. The van der Waals surface area contributed by atoms with Gasteiger partial charge >= 0.3 is 0 Å². The molecule has 0 bridgehead atoms. The topological polar surface area (TPSA) is 104 Å². The van der Waals surface area contributed by atoms with Crippen LogP contribution in [-0.4, -0.2) is 86.8 Å². The Bertz CT molecular complexity index is 1450. The lowest BCUT2D eigenvalue weighted by Crippen LogP contribution is -2.62. The molecule has 10 heteroatoms. The van der Waals surface area contributed by atoms with Crippen LogP contribution in [-0.2, 0) is 21.7 Å². The van der Waals surface area contributed by atoms with Crippen LogP contribution in [0.2, 0.25) is 0 Å². The number of hydrogen-bond acceptors (Lipinski definition) is 9. The first-order chi connectivity index (χ1) is 18.4. The fraction of sp³-hybridized carbons (Fsp3) is 0.464. The normalized spacial score (nSPS) is 24.8. The molecule has 2 N–H and O–H groups in total. The van der Waals surface area contributed by atoms with Crippen LogP contribution in [0.15, 0.2) is 36.5 Å². The van der Waals surface area contributed by atoms with Gasteiger partial charge in [0.1, 0.15) is 25.3 Å². The van der Waals surface area contributed by atoms with Crippen LogP contribution >= 0.6 is 0 Å². The molecule has 7 rings (SSSR count). The van der Waals surface area contributed by atoms with Gasteiger partial charge in [0.15, 0.2) is 0 Å². The average Bonchev–Trinajstić information content (AvgIpc) is 3.24. The van der Waals surface area contributed by atoms with Crippen molar-refractivity contribution in [3.05, 3.63) is 53.2 Å². The van der Waals surface area contributed by atoms with E-state index >= 15 is 0 Å². The maximum Gasteiger partial charge on any atom is 0.141 e. The molecule has 192 valence electrons. The summed E-state index contributed by atoms with van der Waals surface area (Å²) in [7, 11) is 5.93. The Morgan fingerprint density at radius 3 is 2.79 bits per heavy atom. The van der Waals surface area contributed by atoms with E-state index in [1.165, 1.54) is 11.1 Å². The first kappa shape index (κ1) is 23.9. The second kappa shape index (κ2) is 8.92. The molecule has 1 aromatic carbocycles. The van der Waals surface area contributed by atoms with Crippen molar-refractivity contribution in [2.75, 3.05) is 55.6 Å². The molecule has 2 radical (unpaired) electrons. The van der Waals surface area contributed by atoms with Gasteiger partial charge in [0, 0.05) is 74.7 Å². The van der Waals surface area contributed by atoms with Crippen molar-refractivity contribution in [2.45, 2.75) is 37.4 Å². The summed E-state index contributed by atoms with van der Waals surface area (Å²) >= 11 is 0. The van der Waals surface area contributed by atoms with Gasteiger partial charge in [-0.3, -0.25) is 9.88 Å². The molecule has 1 spiro atoms. The van der Waals surface area contributed by atoms with Crippen molar-refractivity contribution < 1.29 is 9.47 Å². The zero-order chi connectivity index (χ0) is 26.0. The molecular weight excluding hydrogens is 477 g/mol. The number of ether oxygens (including phenoxy) is 2. The van der Waals surface area contributed by atoms with Crippen molar-refractivity contribution in [3.63, 3.8) is 0 Å². The highest BCUT2D eigenvalue weighted by Gasteiger charge is 2.51. The van der Waals surface area contributed by atoms with Gasteiger partial charge in [-0.2, -0.15) is 5.26 Å². The Kier molecular flexibility index (Phi) is 5.60. The lowest BCUT2D eigenvalue weighted by molar-refractivity contribution is -0.155. The molecule has 9 nitrogen and oxygen atoms in total. The van der Waals surface area contributed by atoms with Crippen LogP contribution < -0.4 is 21.1 Å². The standard InChI is InChI=1S/C28H30BN7O2/c1-17-9-35(24-4-2-18(7-30)27-22(24)3-5-25(29)33-27)13-21(38-17)12-34-15-28(16-34)23-8-32-26(6-19(23)14-37-28)36-10-20(31)11-36/h2-6,8,17,20-21H,9-16,31H2,1H3/t17-,21+/m1/s1. The van der Waals surface area contributed by atoms with Gasteiger partial charge in [-0.05, 0) is 42.3 Å². The quantitative estimate of drug-likeness (QED) is 0.513. The van der Waals surface area contributed by atoms with E-state index in [4.69, 9.17) is 28.0 Å². The van der Waals surface area contributed by atoms with Crippen molar-refractivity contribution in [3.8, 4) is 6.07 Å². The Morgan fingerprint density at radius 1 is 1.16 bits per heavy atom. The third kappa shape index (κ3) is 3.93. The minimum atomic E-state index is -0.263. The predicted molar refractivity (Wildman–Crippen MR) is 146 cm³/mol. The van der Waals surface area contributed by atoms with Gasteiger partial charge in [0.25, 0.3) is 0 Å². The van der Waals surface area contributed by atoms with Crippen LogP contribution in [0.1, 0.15) is 23.6 Å². The van der Waals surface area contributed by atoms with Crippen LogP contribution in [0.5, 0.6) is 0 Å². The number of anilines is 2. The maximum absolute atomic E-state index is 9.56. The lowest BCUT2D eigenvalue weighted by atomic mass is 9.86. The minimum absolute atomic E-state index is 0.0560. The van der Waals surface area contributed by atoms with E-state index in [2.05, 4.69) is 38.7 Å². The maximum atomic E-state index is 9.56. The van der Waals surface area contributed by atoms with Gasteiger partial charge < -0.3 is 25.0 Å². The summed E-state index contributed by atoms with van der Waals surface area (Å²) in [4.78, 5) is 16.2. The van der Waals surface area contributed by atoms with Gasteiger partial charge in [0.2, 0.25) is 0 Å². The fourth-order valence-electron chi connectivity index (χ4n) is 6.46. The Hall–Kier alpha value is -3.23. The SMILES string of the molecule is [B]c1ccc2c(N3C[C@H](CN4CC5(C4)OCc4cc(N6CC(N)C6)ncc45)O[C@H](C)C3)ccc(C#N)c2n1. The van der Waals surface area contributed by atoms with Crippen LogP contribution in [0.3, 0.4) is 0 Å². The smallest absolute Gasteiger partial charge is 0.141 e. The molecular formula is C28H30BN7O2. The molecule has 4 aliphatic rings. The third-order valence-corrected chi connectivity index (χ3v) is 8.27. The first-order valence-electron chi connectivity index (χ1n) is 13.3. The molecule has 4 aliphatic heterocycles. The van der Waals surface area contributed by atoms with E-state index in [-0.39, 0.29) is 23.9 Å². The van der Waals surface area contributed by atoms with Crippen molar-refractivity contribution in [1.82, 2.24) is 14.9 Å². The monoisotopic (exact) mass is 507 g/mol. The molecule has 0 unspecified atom stereocenters. The second-order valence-corrected chi connectivity index (χ2v) is 11.2. The Morgan fingerprint density at radius 2 is 2.00 bits per heavy atom. The van der Waals surface area contributed by atoms with Gasteiger partial charge in [0.05, 0.1) is 29.9 Å². The fourth-order valence-corrected chi connectivity index (χ4v) is 6.46. The van der Waals surface area contributed by atoms with E-state index in [9.17, 15) is 5.26 Å². The molecule has 3 aromatic rings. The summed E-state index contributed by atoms with van der Waals surface area (Å²) in [6.45, 7) is 8.53. The second-order valence-electron chi connectivity index (χ2n) is 11.2. The zero-order valence-corrected chi connectivity index (χ0v) is 21.5. The number of aromatic nitrogens is 2. The highest BCUT2D eigenvalue weighted by molar-refractivity contribution is 6.31. The van der Waals surface area contributed by atoms with Crippen LogP contribution in [0.25, 0.3) is 10.9 Å². The highest BCUT2D eigenvalue weighted by Crippen LogP contribution is 2.44. The lowest BCUT2D eigenvalue weighted by Gasteiger charge is -2.50. The summed E-state index contributed by atoms with van der Waals surface area (Å²) in [5, 5.41) is 10.5. The number of nitriles is 1. The number of hydrogen-bond donors (Lipinski definition) is 1. The minimum Gasteiger partial charge on any atom is -0.370 e. The number of likely N-dealkylation sites (tertiary alicyclic amines) is 1. The Labute approximate surface area is 223 Å². The van der Waals surface area contributed by atoms with Gasteiger partial charge in [-0.25, -0.2) is 4.98 Å². The van der Waals surface area contributed by atoms with E-state index in [0.717, 1.165) is 62.7 Å². The summed E-state index contributed by atoms with van der Waals surface area (Å²) in [6, 6.07) is 12.3.